The molecule has 2 rings (SSSR count). The van der Waals surface area contributed by atoms with Gasteiger partial charge in [-0.05, 0) is 56.1 Å². The summed E-state index contributed by atoms with van der Waals surface area (Å²) in [4.78, 5) is 12.1. The summed E-state index contributed by atoms with van der Waals surface area (Å²) in [6.07, 6.45) is 0. The SMILES string of the molecule is Nc1ccccc1C(=O)Oc1c(Br)cc(Br)cc1Br. The van der Waals surface area contributed by atoms with Crippen molar-refractivity contribution < 1.29 is 9.53 Å². The van der Waals surface area contributed by atoms with Gasteiger partial charge in [-0.15, -0.1) is 0 Å². The largest absolute Gasteiger partial charge is 0.420 e. The van der Waals surface area contributed by atoms with Crippen LogP contribution in [-0.4, -0.2) is 5.97 Å². The Morgan fingerprint density at radius 1 is 1.05 bits per heavy atom. The van der Waals surface area contributed by atoms with Gasteiger partial charge >= 0.3 is 5.97 Å². The van der Waals surface area contributed by atoms with Crippen LogP contribution in [0, 0.1) is 0 Å². The topological polar surface area (TPSA) is 52.3 Å². The quantitative estimate of drug-likeness (QED) is 0.408. The molecule has 0 radical (unpaired) electrons. The molecule has 3 nitrogen and oxygen atoms in total. The summed E-state index contributed by atoms with van der Waals surface area (Å²) < 4.78 is 7.56. The highest BCUT2D eigenvalue weighted by molar-refractivity contribution is 9.11. The maximum atomic E-state index is 12.1. The molecular formula is C13H8Br3NO2. The molecule has 19 heavy (non-hydrogen) atoms. The molecule has 98 valence electrons. The van der Waals surface area contributed by atoms with E-state index in [1.165, 1.54) is 0 Å². The van der Waals surface area contributed by atoms with Gasteiger partial charge in [0, 0.05) is 10.2 Å². The van der Waals surface area contributed by atoms with Gasteiger partial charge < -0.3 is 10.5 Å². The number of carbonyl (C=O) groups excluding carboxylic acids is 1. The fourth-order valence-electron chi connectivity index (χ4n) is 1.46. The fourth-order valence-corrected chi connectivity index (χ4v) is 3.88. The van der Waals surface area contributed by atoms with E-state index in [2.05, 4.69) is 47.8 Å². The van der Waals surface area contributed by atoms with Gasteiger partial charge in [0.25, 0.3) is 0 Å². The number of hydrogen-bond acceptors (Lipinski definition) is 3. The van der Waals surface area contributed by atoms with E-state index in [-0.39, 0.29) is 0 Å². The Labute approximate surface area is 135 Å². The van der Waals surface area contributed by atoms with Gasteiger partial charge in [-0.2, -0.15) is 0 Å². The molecule has 0 unspecified atom stereocenters. The Balaban J connectivity index is 2.32. The summed E-state index contributed by atoms with van der Waals surface area (Å²) >= 11 is 10.0. The first-order chi connectivity index (χ1) is 8.99. The lowest BCUT2D eigenvalue weighted by molar-refractivity contribution is 0.0733. The molecule has 2 aromatic carbocycles. The zero-order chi connectivity index (χ0) is 14.0. The number of nitrogen functional groups attached to an aromatic ring is 1. The Morgan fingerprint density at radius 2 is 1.63 bits per heavy atom. The molecule has 0 heterocycles. The number of para-hydroxylation sites is 1. The summed E-state index contributed by atoms with van der Waals surface area (Å²) in [5.74, 6) is -0.0849. The van der Waals surface area contributed by atoms with E-state index < -0.39 is 5.97 Å². The number of halogens is 3. The smallest absolute Gasteiger partial charge is 0.345 e. The second-order valence-corrected chi connectivity index (χ2v) is 6.30. The van der Waals surface area contributed by atoms with Crippen molar-refractivity contribution in [3.8, 4) is 5.75 Å². The van der Waals surface area contributed by atoms with Gasteiger partial charge in [0.1, 0.15) is 0 Å². The van der Waals surface area contributed by atoms with Gasteiger partial charge in [0.15, 0.2) is 5.75 Å². The van der Waals surface area contributed by atoms with Crippen LogP contribution >= 0.6 is 47.8 Å². The van der Waals surface area contributed by atoms with Gasteiger partial charge in [0.05, 0.1) is 14.5 Å². The van der Waals surface area contributed by atoms with Crippen LogP contribution in [0.2, 0.25) is 0 Å². The molecule has 2 N–H and O–H groups in total. The van der Waals surface area contributed by atoms with E-state index in [9.17, 15) is 4.79 Å². The minimum Gasteiger partial charge on any atom is -0.420 e. The first kappa shape index (κ1) is 14.6. The number of hydrogen-bond donors (Lipinski definition) is 1. The number of ether oxygens (including phenoxy) is 1. The van der Waals surface area contributed by atoms with E-state index in [0.29, 0.717) is 25.9 Å². The highest BCUT2D eigenvalue weighted by Gasteiger charge is 2.16. The lowest BCUT2D eigenvalue weighted by Crippen LogP contribution is -2.11. The maximum absolute atomic E-state index is 12.1. The second-order valence-electron chi connectivity index (χ2n) is 3.68. The van der Waals surface area contributed by atoms with Gasteiger partial charge in [0.2, 0.25) is 0 Å². The molecule has 0 saturated heterocycles. The first-order valence-electron chi connectivity index (χ1n) is 5.20. The van der Waals surface area contributed by atoms with Crippen LogP contribution in [0.4, 0.5) is 5.69 Å². The van der Waals surface area contributed by atoms with Gasteiger partial charge in [-0.1, -0.05) is 28.1 Å². The molecule has 0 aliphatic heterocycles. The predicted molar refractivity (Wildman–Crippen MR) is 85.4 cm³/mol. The molecule has 0 atom stereocenters. The average Bonchev–Trinajstić information content (AvgIpc) is 2.34. The summed E-state index contributed by atoms with van der Waals surface area (Å²) in [7, 11) is 0. The molecule has 2 aromatic rings. The first-order valence-corrected chi connectivity index (χ1v) is 7.58. The van der Waals surface area contributed by atoms with Crippen molar-refractivity contribution in [3.63, 3.8) is 0 Å². The summed E-state index contributed by atoms with van der Waals surface area (Å²) in [5.41, 5.74) is 6.47. The molecule has 0 saturated carbocycles. The maximum Gasteiger partial charge on any atom is 0.345 e. The van der Waals surface area contributed by atoms with Crippen molar-refractivity contribution >= 4 is 59.4 Å². The normalized spacial score (nSPS) is 10.3. The second kappa shape index (κ2) is 6.07. The van der Waals surface area contributed by atoms with E-state index in [1.54, 1.807) is 36.4 Å². The van der Waals surface area contributed by atoms with Crippen LogP contribution in [0.3, 0.4) is 0 Å². The molecule has 0 fully saturated rings. The van der Waals surface area contributed by atoms with E-state index in [4.69, 9.17) is 10.5 Å². The van der Waals surface area contributed by atoms with Crippen LogP contribution in [0.5, 0.6) is 5.75 Å². The summed E-state index contributed by atoms with van der Waals surface area (Å²) in [6.45, 7) is 0. The van der Waals surface area contributed by atoms with Crippen LogP contribution in [0.15, 0.2) is 49.8 Å². The van der Waals surface area contributed by atoms with E-state index >= 15 is 0 Å². The van der Waals surface area contributed by atoms with Crippen molar-refractivity contribution in [3.05, 3.63) is 55.4 Å². The molecule has 0 amide bonds. The Morgan fingerprint density at radius 3 is 2.21 bits per heavy atom. The lowest BCUT2D eigenvalue weighted by Gasteiger charge is -2.10. The molecule has 0 aromatic heterocycles. The summed E-state index contributed by atoms with van der Waals surface area (Å²) in [5, 5.41) is 0. The van der Waals surface area contributed by atoms with Gasteiger partial charge in [-0.25, -0.2) is 4.79 Å². The van der Waals surface area contributed by atoms with Crippen LogP contribution in [0.25, 0.3) is 0 Å². The van der Waals surface area contributed by atoms with Crippen molar-refractivity contribution in [2.45, 2.75) is 0 Å². The molecule has 0 aliphatic carbocycles. The standard InChI is InChI=1S/C13H8Br3NO2/c14-7-5-9(15)12(10(16)6-7)19-13(18)8-3-1-2-4-11(8)17/h1-6H,17H2. The molecule has 6 heteroatoms. The van der Waals surface area contributed by atoms with Crippen LogP contribution < -0.4 is 10.5 Å². The highest BCUT2D eigenvalue weighted by atomic mass is 79.9. The third-order valence-corrected chi connectivity index (χ3v) is 3.97. The van der Waals surface area contributed by atoms with E-state index in [0.717, 1.165) is 4.47 Å². The van der Waals surface area contributed by atoms with Crippen molar-refractivity contribution in [1.82, 2.24) is 0 Å². The third kappa shape index (κ3) is 3.38. The number of rotatable bonds is 2. The molecule has 0 aliphatic rings. The van der Waals surface area contributed by atoms with Crippen molar-refractivity contribution in [2.75, 3.05) is 5.73 Å². The Hall–Kier alpha value is -0.850. The number of esters is 1. The molecule has 0 spiro atoms. The van der Waals surface area contributed by atoms with Crippen molar-refractivity contribution in [2.24, 2.45) is 0 Å². The van der Waals surface area contributed by atoms with Crippen molar-refractivity contribution in [1.29, 1.82) is 0 Å². The number of anilines is 1. The molecular weight excluding hydrogens is 442 g/mol. The zero-order valence-corrected chi connectivity index (χ0v) is 14.2. The van der Waals surface area contributed by atoms with Gasteiger partial charge in [-0.3, -0.25) is 0 Å². The fraction of sp³-hybridized carbons (Fsp3) is 0. The molecule has 0 bridgehead atoms. The average molecular weight is 450 g/mol. The third-order valence-electron chi connectivity index (χ3n) is 2.34. The Kier molecular flexibility index (Phi) is 4.65. The monoisotopic (exact) mass is 447 g/mol. The predicted octanol–water partition coefficient (Wildman–Crippen LogP) is 4.78. The van der Waals surface area contributed by atoms with E-state index in [1.807, 2.05) is 0 Å². The Bertz CT molecular complexity index is 621. The number of nitrogens with two attached hydrogens (primary N) is 1. The van der Waals surface area contributed by atoms with Crippen LogP contribution in [-0.2, 0) is 0 Å². The number of benzene rings is 2. The minimum atomic E-state index is -0.498. The zero-order valence-electron chi connectivity index (χ0n) is 9.49. The van der Waals surface area contributed by atoms with Crippen LogP contribution in [0.1, 0.15) is 10.4 Å². The lowest BCUT2D eigenvalue weighted by atomic mass is 10.2. The number of carbonyl (C=O) groups is 1. The highest BCUT2D eigenvalue weighted by Crippen LogP contribution is 2.37. The minimum absolute atomic E-state index is 0.337. The summed E-state index contributed by atoms with van der Waals surface area (Å²) in [6, 6.07) is 10.4.